The third kappa shape index (κ3) is 5.44. The zero-order chi connectivity index (χ0) is 29.9. The van der Waals surface area contributed by atoms with Crippen molar-refractivity contribution in [3.05, 3.63) is 142 Å². The first-order chi connectivity index (χ1) is 20.9. The van der Waals surface area contributed by atoms with E-state index < -0.39 is 34.4 Å². The van der Waals surface area contributed by atoms with E-state index in [-0.39, 0.29) is 28.0 Å². The Bertz CT molecular complexity index is 2090. The van der Waals surface area contributed by atoms with E-state index in [1.807, 2.05) is 30.3 Å². The first kappa shape index (κ1) is 27.7. The van der Waals surface area contributed by atoms with Crippen LogP contribution in [-0.2, 0) is 11.4 Å². The van der Waals surface area contributed by atoms with E-state index in [9.17, 15) is 23.5 Å². The van der Waals surface area contributed by atoms with Gasteiger partial charge in [0.05, 0.1) is 22.6 Å². The van der Waals surface area contributed by atoms with Gasteiger partial charge in [0.2, 0.25) is 0 Å². The highest BCUT2D eigenvalue weighted by molar-refractivity contribution is 7.74. The minimum Gasteiger partial charge on any atom is -0.506 e. The molecule has 212 valence electrons. The van der Waals surface area contributed by atoms with Crippen LogP contribution in [0, 0.1) is 0 Å². The average molecular weight is 591 g/mol. The Labute approximate surface area is 247 Å². The van der Waals surface area contributed by atoms with Gasteiger partial charge in [0.25, 0.3) is 0 Å². The molecule has 0 radical (unpaired) electrons. The van der Waals surface area contributed by atoms with Gasteiger partial charge in [-0.05, 0) is 29.1 Å². The topological polar surface area (TPSA) is 139 Å². The van der Waals surface area contributed by atoms with Crippen molar-refractivity contribution in [2.75, 3.05) is 0 Å². The molecule has 0 fully saturated rings. The van der Waals surface area contributed by atoms with Crippen LogP contribution in [0.2, 0.25) is 0 Å². The number of benzene rings is 5. The lowest BCUT2D eigenvalue weighted by molar-refractivity contribution is 0.0971. The summed E-state index contributed by atoms with van der Waals surface area (Å²) >= 11 is -2.76. The third-order valence-corrected chi connectivity index (χ3v) is 7.27. The van der Waals surface area contributed by atoms with Gasteiger partial charge in [-0.25, -0.2) is 4.79 Å². The van der Waals surface area contributed by atoms with E-state index in [2.05, 4.69) is 10.2 Å². The summed E-state index contributed by atoms with van der Waals surface area (Å²) in [6.07, 6.45) is 0. The van der Waals surface area contributed by atoms with Gasteiger partial charge in [-0.15, -0.1) is 10.2 Å². The molecule has 5 aromatic carbocycles. The Morgan fingerprint density at radius 3 is 2.23 bits per heavy atom. The fourth-order valence-electron chi connectivity index (χ4n) is 5.01. The van der Waals surface area contributed by atoms with E-state index in [4.69, 9.17) is 8.60 Å². The Kier molecular flexibility index (Phi) is 7.61. The molecular formula is C33H22N2O7S. The van der Waals surface area contributed by atoms with E-state index in [0.29, 0.717) is 16.8 Å². The Morgan fingerprint density at radius 2 is 1.49 bits per heavy atom. The zero-order valence-corrected chi connectivity index (χ0v) is 23.1. The molecule has 0 aliphatic heterocycles. The minimum atomic E-state index is -2.76. The van der Waals surface area contributed by atoms with Gasteiger partial charge in [0.1, 0.15) is 17.0 Å². The highest BCUT2D eigenvalue weighted by Gasteiger charge is 2.32. The summed E-state index contributed by atoms with van der Waals surface area (Å²) < 4.78 is 31.9. The van der Waals surface area contributed by atoms with Crippen LogP contribution in [0.15, 0.2) is 135 Å². The number of ketones is 1. The predicted octanol–water partition coefficient (Wildman–Crippen LogP) is 7.60. The summed E-state index contributed by atoms with van der Waals surface area (Å²) in [5.74, 6) is -2.50. The fraction of sp³-hybridized carbons (Fsp3) is 0.0303. The van der Waals surface area contributed by atoms with Crippen molar-refractivity contribution in [3.8, 4) is 11.5 Å². The number of carbonyl (C=O) groups is 1. The van der Waals surface area contributed by atoms with Crippen molar-refractivity contribution in [3.63, 3.8) is 0 Å². The summed E-state index contributed by atoms with van der Waals surface area (Å²) in [4.78, 5) is 27.3. The third-order valence-electron chi connectivity index (χ3n) is 6.94. The summed E-state index contributed by atoms with van der Waals surface area (Å²) in [5, 5.41) is 22.0. The summed E-state index contributed by atoms with van der Waals surface area (Å²) in [5.41, 5.74) is -0.275. The molecule has 0 saturated heterocycles. The van der Waals surface area contributed by atoms with Crippen LogP contribution in [0.3, 0.4) is 0 Å². The lowest BCUT2D eigenvalue weighted by atomic mass is 9.84. The molecule has 43 heavy (non-hydrogen) atoms. The first-order valence-electron chi connectivity index (χ1n) is 13.1. The van der Waals surface area contributed by atoms with Crippen LogP contribution < -0.4 is 9.81 Å². The second-order valence-corrected chi connectivity index (χ2v) is 10.1. The van der Waals surface area contributed by atoms with Gasteiger partial charge in [-0.1, -0.05) is 97.1 Å². The van der Waals surface area contributed by atoms with Crippen molar-refractivity contribution in [1.29, 1.82) is 0 Å². The molecule has 0 spiro atoms. The molecule has 0 aliphatic rings. The number of nitrogens with zero attached hydrogens (tertiary/aromatic N) is 2. The Balaban J connectivity index is 1.61. The maximum absolute atomic E-state index is 13.9. The van der Waals surface area contributed by atoms with Crippen LogP contribution in [-0.4, -0.2) is 19.7 Å². The monoisotopic (exact) mass is 590 g/mol. The summed E-state index contributed by atoms with van der Waals surface area (Å²) in [6.45, 7) is 0. The zero-order valence-electron chi connectivity index (χ0n) is 22.3. The molecule has 0 saturated carbocycles. The lowest BCUT2D eigenvalue weighted by Gasteiger charge is -2.18. The quantitative estimate of drug-likeness (QED) is 0.0805. The van der Waals surface area contributed by atoms with E-state index in [0.717, 1.165) is 10.8 Å². The number of rotatable bonds is 8. The number of hydrogen-bond donors (Lipinski definition) is 2. The number of azo groups is 1. The van der Waals surface area contributed by atoms with Crippen molar-refractivity contribution in [2.24, 2.45) is 10.2 Å². The molecule has 9 nitrogen and oxygen atoms in total. The molecule has 6 rings (SSSR count). The molecule has 6 aromatic rings. The molecule has 2 atom stereocenters. The normalized spacial score (nSPS) is 12.9. The second kappa shape index (κ2) is 11.8. The second-order valence-electron chi connectivity index (χ2n) is 9.51. The predicted molar refractivity (Wildman–Crippen MR) is 163 cm³/mol. The molecule has 1 heterocycles. The SMILES string of the molecule is O=C(c1ccccc1)C(c1ccccc1)c1c(O)c2c(N=Nc3cccc4ccccc34)c(OS(=O)O)ccc2oc1=O. The minimum absolute atomic E-state index is 0.0897. The van der Waals surface area contributed by atoms with E-state index in [1.54, 1.807) is 72.8 Å². The van der Waals surface area contributed by atoms with Crippen molar-refractivity contribution in [1.82, 2.24) is 0 Å². The number of Topliss-reactive ketones (excluding diaryl/α,β-unsaturated/α-hetero) is 1. The standard InChI is InChI=1S/C33H22N2O7S/c36-31(22-13-5-2-6-14-22)27(21-11-3-1-4-12-21)29-32(37)28-25(41-33(29)38)18-19-26(42-43(39)40)30(28)35-34-24-17-9-15-20-10-7-8-16-23(20)24/h1-19,27,37H,(H,39,40). The highest BCUT2D eigenvalue weighted by Crippen LogP contribution is 2.45. The number of fused-ring (bicyclic) bond motifs is 2. The maximum atomic E-state index is 13.9. The molecule has 2 N–H and O–H groups in total. The van der Waals surface area contributed by atoms with Crippen molar-refractivity contribution >= 4 is 50.3 Å². The Morgan fingerprint density at radius 1 is 0.814 bits per heavy atom. The van der Waals surface area contributed by atoms with Crippen LogP contribution in [0.25, 0.3) is 21.7 Å². The molecular weight excluding hydrogens is 568 g/mol. The molecule has 1 aromatic heterocycles. The number of hydrogen-bond acceptors (Lipinski definition) is 8. The van der Waals surface area contributed by atoms with Crippen LogP contribution in [0.4, 0.5) is 11.4 Å². The average Bonchev–Trinajstić information content (AvgIpc) is 3.03. The van der Waals surface area contributed by atoms with Crippen LogP contribution in [0.5, 0.6) is 11.5 Å². The molecule has 10 heteroatoms. The van der Waals surface area contributed by atoms with Gasteiger partial charge >= 0.3 is 17.0 Å². The summed E-state index contributed by atoms with van der Waals surface area (Å²) in [7, 11) is 0. The lowest BCUT2D eigenvalue weighted by Crippen LogP contribution is -2.21. The number of carbonyl (C=O) groups excluding carboxylic acids is 1. The van der Waals surface area contributed by atoms with Crippen molar-refractivity contribution in [2.45, 2.75) is 5.92 Å². The summed E-state index contributed by atoms with van der Waals surface area (Å²) in [6, 6.07) is 32.5. The molecule has 0 aliphatic carbocycles. The van der Waals surface area contributed by atoms with Crippen LogP contribution in [0.1, 0.15) is 27.4 Å². The fourth-order valence-corrected chi connectivity index (χ4v) is 5.30. The first-order valence-corrected chi connectivity index (χ1v) is 14.1. The van der Waals surface area contributed by atoms with Gasteiger partial charge in [0, 0.05) is 10.9 Å². The highest BCUT2D eigenvalue weighted by atomic mass is 32.2. The van der Waals surface area contributed by atoms with Gasteiger partial charge in [-0.3, -0.25) is 9.35 Å². The number of aromatic hydroxyl groups is 1. The van der Waals surface area contributed by atoms with E-state index >= 15 is 0 Å². The maximum Gasteiger partial charge on any atom is 0.357 e. The molecule has 0 amide bonds. The largest absolute Gasteiger partial charge is 0.506 e. The van der Waals surface area contributed by atoms with Crippen molar-refractivity contribution < 1.29 is 27.3 Å². The van der Waals surface area contributed by atoms with Gasteiger partial charge in [0.15, 0.2) is 11.5 Å². The molecule has 0 bridgehead atoms. The van der Waals surface area contributed by atoms with E-state index in [1.165, 1.54) is 12.1 Å². The Hall–Kier alpha value is -5.45. The molecule has 2 unspecified atom stereocenters. The van der Waals surface area contributed by atoms with Gasteiger partial charge in [-0.2, -0.15) is 4.21 Å². The van der Waals surface area contributed by atoms with Gasteiger partial charge < -0.3 is 13.7 Å². The smallest absolute Gasteiger partial charge is 0.357 e. The van der Waals surface area contributed by atoms with Crippen LogP contribution >= 0.6 is 0 Å².